The van der Waals surface area contributed by atoms with Crippen molar-refractivity contribution in [2.45, 2.75) is 58.0 Å². The van der Waals surface area contributed by atoms with E-state index < -0.39 is 11.5 Å². The first-order chi connectivity index (χ1) is 10.2. The van der Waals surface area contributed by atoms with Crippen LogP contribution < -0.4 is 4.74 Å². The highest BCUT2D eigenvalue weighted by atomic mass is 16.5. The van der Waals surface area contributed by atoms with Gasteiger partial charge in [0, 0.05) is 0 Å². The van der Waals surface area contributed by atoms with Gasteiger partial charge in [-0.25, -0.2) is 0 Å². The Balaban J connectivity index is 2.17. The second-order valence-electron chi connectivity index (χ2n) is 5.94. The van der Waals surface area contributed by atoms with Gasteiger partial charge in [0.1, 0.15) is 5.75 Å². The average molecular weight is 287 g/mol. The monoisotopic (exact) mass is 287 g/mol. The fourth-order valence-electron chi connectivity index (χ4n) is 3.21. The molecule has 1 atom stereocenters. The number of nitriles is 1. The highest BCUT2D eigenvalue weighted by Gasteiger charge is 2.38. The minimum Gasteiger partial charge on any atom is -0.494 e. The number of benzene rings is 1. The summed E-state index contributed by atoms with van der Waals surface area (Å²) in [5.41, 5.74) is 0.189. The lowest BCUT2D eigenvalue weighted by Gasteiger charge is -2.33. The first-order valence-electron chi connectivity index (χ1n) is 8.04. The minimum atomic E-state index is -0.712. The zero-order valence-electron chi connectivity index (χ0n) is 12.8. The van der Waals surface area contributed by atoms with Crippen LogP contribution >= 0.6 is 0 Å². The average Bonchev–Trinajstić information content (AvgIpc) is 2.48. The summed E-state index contributed by atoms with van der Waals surface area (Å²) >= 11 is 0. The summed E-state index contributed by atoms with van der Waals surface area (Å²) < 4.78 is 5.43. The third-order valence-corrected chi connectivity index (χ3v) is 4.50. The molecule has 2 rings (SSSR count). The molecule has 0 amide bonds. The van der Waals surface area contributed by atoms with Crippen LogP contribution in [-0.2, 0) is 0 Å². The highest BCUT2D eigenvalue weighted by molar-refractivity contribution is 5.30. The van der Waals surface area contributed by atoms with Crippen molar-refractivity contribution < 1.29 is 9.84 Å². The molecule has 0 spiro atoms. The maximum Gasteiger partial charge on any atom is 0.119 e. The molecule has 0 heterocycles. The first-order valence-corrected chi connectivity index (χ1v) is 8.04. The number of ether oxygens (including phenoxy) is 1. The van der Waals surface area contributed by atoms with Crippen molar-refractivity contribution >= 4 is 0 Å². The molecular formula is C18H25NO2. The minimum absolute atomic E-state index is 0.629. The van der Waals surface area contributed by atoms with Gasteiger partial charge in [-0.3, -0.25) is 0 Å². The summed E-state index contributed by atoms with van der Waals surface area (Å²) in [5, 5.41) is 20.5. The van der Waals surface area contributed by atoms with E-state index in [4.69, 9.17) is 4.74 Å². The summed E-state index contributed by atoms with van der Waals surface area (Å²) in [6, 6.07) is 9.95. The van der Waals surface area contributed by atoms with Crippen LogP contribution in [0.3, 0.4) is 0 Å². The molecule has 114 valence electrons. The van der Waals surface area contributed by atoms with Gasteiger partial charge in [-0.2, -0.15) is 5.26 Å². The smallest absolute Gasteiger partial charge is 0.119 e. The van der Waals surface area contributed by atoms with Gasteiger partial charge in [0.05, 0.1) is 24.2 Å². The van der Waals surface area contributed by atoms with Crippen LogP contribution in [0.5, 0.6) is 5.75 Å². The molecule has 0 aliphatic heterocycles. The topological polar surface area (TPSA) is 53.2 Å². The van der Waals surface area contributed by atoms with Crippen molar-refractivity contribution in [3.8, 4) is 11.8 Å². The molecule has 1 saturated carbocycles. The third kappa shape index (κ3) is 3.77. The van der Waals surface area contributed by atoms with Crippen molar-refractivity contribution in [3.05, 3.63) is 29.8 Å². The molecule has 1 aliphatic carbocycles. The summed E-state index contributed by atoms with van der Waals surface area (Å²) in [5.74, 6) is 0.803. The van der Waals surface area contributed by atoms with Crippen LogP contribution in [0.15, 0.2) is 24.3 Å². The van der Waals surface area contributed by atoms with E-state index in [1.54, 1.807) is 0 Å². The summed E-state index contributed by atoms with van der Waals surface area (Å²) in [7, 11) is 0. The van der Waals surface area contributed by atoms with E-state index in [0.717, 1.165) is 37.0 Å². The van der Waals surface area contributed by atoms with Crippen LogP contribution in [0.25, 0.3) is 0 Å². The number of nitrogens with zero attached hydrogens (tertiary/aromatic N) is 1. The predicted octanol–water partition coefficient (Wildman–Crippen LogP) is 4.37. The lowest BCUT2D eigenvalue weighted by atomic mass is 9.71. The Labute approximate surface area is 127 Å². The summed E-state index contributed by atoms with van der Waals surface area (Å²) in [4.78, 5) is 0. The van der Waals surface area contributed by atoms with Gasteiger partial charge < -0.3 is 9.84 Å². The van der Waals surface area contributed by atoms with E-state index in [2.05, 4.69) is 6.07 Å². The molecule has 3 heteroatoms. The normalized spacial score (nSPS) is 19.9. The second-order valence-corrected chi connectivity index (χ2v) is 5.94. The fourth-order valence-corrected chi connectivity index (χ4v) is 3.21. The molecule has 21 heavy (non-hydrogen) atoms. The SMILES string of the molecule is CCOc1ccc(C(O)C2(C#N)CCCCCCC2)cc1. The van der Waals surface area contributed by atoms with E-state index in [-0.39, 0.29) is 0 Å². The van der Waals surface area contributed by atoms with Gasteiger partial charge in [-0.05, 0) is 37.5 Å². The van der Waals surface area contributed by atoms with Gasteiger partial charge in [0.2, 0.25) is 0 Å². The zero-order valence-corrected chi connectivity index (χ0v) is 12.8. The Bertz CT molecular complexity index is 467. The maximum absolute atomic E-state index is 10.8. The molecule has 1 aromatic carbocycles. The number of rotatable bonds is 4. The molecule has 0 radical (unpaired) electrons. The van der Waals surface area contributed by atoms with Gasteiger partial charge in [-0.15, -0.1) is 0 Å². The van der Waals surface area contributed by atoms with E-state index in [1.165, 1.54) is 19.3 Å². The molecule has 1 aromatic rings. The maximum atomic E-state index is 10.8. The third-order valence-electron chi connectivity index (χ3n) is 4.50. The molecule has 0 aromatic heterocycles. The van der Waals surface area contributed by atoms with Crippen molar-refractivity contribution in [1.29, 1.82) is 5.26 Å². The Hall–Kier alpha value is -1.53. The van der Waals surface area contributed by atoms with Gasteiger partial charge >= 0.3 is 0 Å². The zero-order chi connectivity index (χ0) is 15.1. The lowest BCUT2D eigenvalue weighted by molar-refractivity contribution is 0.0434. The summed E-state index contributed by atoms with van der Waals surface area (Å²) in [6.45, 7) is 2.58. The molecule has 3 nitrogen and oxygen atoms in total. The number of aliphatic hydroxyl groups is 1. The van der Waals surface area contributed by atoms with E-state index in [9.17, 15) is 10.4 Å². The molecule has 1 aliphatic rings. The van der Waals surface area contributed by atoms with E-state index in [1.807, 2.05) is 31.2 Å². The molecular weight excluding hydrogens is 262 g/mol. The molecule has 1 fully saturated rings. The van der Waals surface area contributed by atoms with Crippen LogP contribution in [0, 0.1) is 16.7 Å². The molecule has 0 saturated heterocycles. The van der Waals surface area contributed by atoms with Crippen LogP contribution in [-0.4, -0.2) is 11.7 Å². The fraction of sp³-hybridized carbons (Fsp3) is 0.611. The van der Waals surface area contributed by atoms with E-state index in [0.29, 0.717) is 6.61 Å². The van der Waals surface area contributed by atoms with Crippen molar-refractivity contribution in [2.24, 2.45) is 5.41 Å². The molecule has 1 unspecified atom stereocenters. The Morgan fingerprint density at radius 1 is 1.14 bits per heavy atom. The van der Waals surface area contributed by atoms with Gasteiger partial charge in [-0.1, -0.05) is 44.2 Å². The number of aliphatic hydroxyl groups excluding tert-OH is 1. The van der Waals surface area contributed by atoms with Crippen molar-refractivity contribution in [3.63, 3.8) is 0 Å². The van der Waals surface area contributed by atoms with Gasteiger partial charge in [0.25, 0.3) is 0 Å². The van der Waals surface area contributed by atoms with E-state index >= 15 is 0 Å². The predicted molar refractivity (Wildman–Crippen MR) is 82.9 cm³/mol. The highest BCUT2D eigenvalue weighted by Crippen LogP contribution is 2.44. The van der Waals surface area contributed by atoms with Gasteiger partial charge in [0.15, 0.2) is 0 Å². The first kappa shape index (κ1) is 15.9. The quantitative estimate of drug-likeness (QED) is 0.894. The Morgan fingerprint density at radius 2 is 1.71 bits per heavy atom. The van der Waals surface area contributed by atoms with Crippen LogP contribution in [0.2, 0.25) is 0 Å². The summed E-state index contributed by atoms with van der Waals surface area (Å²) in [6.07, 6.45) is 6.51. The van der Waals surface area contributed by atoms with Crippen LogP contribution in [0.1, 0.15) is 63.5 Å². The number of hydrogen-bond acceptors (Lipinski definition) is 3. The standard InChI is InChI=1S/C18H25NO2/c1-2-21-16-10-8-15(9-11-16)17(20)18(14-19)12-6-4-3-5-7-13-18/h8-11,17,20H,2-7,12-13H2,1H3. The van der Waals surface area contributed by atoms with Crippen LogP contribution in [0.4, 0.5) is 0 Å². The lowest BCUT2D eigenvalue weighted by Crippen LogP contribution is -2.28. The molecule has 0 bridgehead atoms. The largest absolute Gasteiger partial charge is 0.494 e. The Kier molecular flexibility index (Phi) is 5.64. The number of hydrogen-bond donors (Lipinski definition) is 1. The van der Waals surface area contributed by atoms with Crippen molar-refractivity contribution in [2.75, 3.05) is 6.61 Å². The van der Waals surface area contributed by atoms with Crippen molar-refractivity contribution in [1.82, 2.24) is 0 Å². The second kappa shape index (κ2) is 7.47. The Morgan fingerprint density at radius 3 is 2.24 bits per heavy atom. The molecule has 1 N–H and O–H groups in total.